The molecule has 1 amide bonds. The maximum Gasteiger partial charge on any atom is 0.415 e. The van der Waals surface area contributed by atoms with Gasteiger partial charge in [-0.05, 0) is 74.2 Å². The number of nitrogens with zero attached hydrogens (tertiary/aromatic N) is 1. The molecule has 0 radical (unpaired) electrons. The highest BCUT2D eigenvalue weighted by Gasteiger charge is 2.41. The van der Waals surface area contributed by atoms with E-state index in [0.29, 0.717) is 22.1 Å². The summed E-state index contributed by atoms with van der Waals surface area (Å²) in [7, 11) is 0. The molecular weight excluding hydrogens is 526 g/mol. The summed E-state index contributed by atoms with van der Waals surface area (Å²) in [5.41, 5.74) is -0.105. The molecule has 0 bridgehead atoms. The number of thioether (sulfide) groups is 1. The number of benzene rings is 3. The first-order valence-electron chi connectivity index (χ1n) is 12.0. The van der Waals surface area contributed by atoms with Gasteiger partial charge in [-0.15, -0.1) is 11.8 Å². The van der Waals surface area contributed by atoms with E-state index in [2.05, 4.69) is 0 Å². The van der Waals surface area contributed by atoms with E-state index in [1.807, 2.05) is 24.5 Å². The zero-order valence-corrected chi connectivity index (χ0v) is 22.8. The summed E-state index contributed by atoms with van der Waals surface area (Å²) >= 11 is 7.52. The van der Waals surface area contributed by atoms with Crippen LogP contribution >= 0.6 is 23.4 Å². The highest BCUT2D eigenvalue weighted by Crippen LogP contribution is 2.37. The summed E-state index contributed by atoms with van der Waals surface area (Å²) in [5.74, 6) is -1.34. The second kappa shape index (κ2) is 11.5. The number of ketones is 1. The van der Waals surface area contributed by atoms with Gasteiger partial charge in [-0.3, -0.25) is 4.79 Å². The molecule has 1 fully saturated rings. The fourth-order valence-corrected chi connectivity index (χ4v) is 4.87. The second-order valence-electron chi connectivity index (χ2n) is 9.52. The number of hydrogen-bond donors (Lipinski definition) is 1. The SMILES string of the molecule is CSc1ccc(C(=O)[C@H]2CN(C(=O)Oc3ccc(Cl)cc3)C[C@@H]2c2cccc(OC(C)(C)C(=O)O)c2)cc1. The Kier molecular flexibility index (Phi) is 8.33. The number of carbonyl (C=O) groups is 3. The smallest absolute Gasteiger partial charge is 0.415 e. The van der Waals surface area contributed by atoms with Crippen LogP contribution < -0.4 is 9.47 Å². The highest BCUT2D eigenvalue weighted by molar-refractivity contribution is 7.98. The zero-order chi connectivity index (χ0) is 27.4. The molecule has 198 valence electrons. The van der Waals surface area contributed by atoms with Crippen LogP contribution in [0, 0.1) is 5.92 Å². The van der Waals surface area contributed by atoms with Crippen LogP contribution in [0.3, 0.4) is 0 Å². The van der Waals surface area contributed by atoms with Crippen molar-refractivity contribution in [3.05, 3.63) is 88.9 Å². The topological polar surface area (TPSA) is 93.1 Å². The Morgan fingerprint density at radius 3 is 2.29 bits per heavy atom. The van der Waals surface area contributed by atoms with Crippen LogP contribution in [0.15, 0.2) is 77.7 Å². The number of carbonyl (C=O) groups excluding carboxylic acids is 2. The summed E-state index contributed by atoms with van der Waals surface area (Å²) in [6, 6.07) is 20.9. The number of Topliss-reactive ketones (excluding diaryl/α,β-unsaturated/α-hetero) is 1. The Balaban J connectivity index is 1.62. The first kappa shape index (κ1) is 27.5. The van der Waals surface area contributed by atoms with Crippen molar-refractivity contribution in [2.75, 3.05) is 19.3 Å². The number of likely N-dealkylation sites (tertiary alicyclic amines) is 1. The molecule has 2 atom stereocenters. The van der Waals surface area contributed by atoms with Gasteiger partial charge in [0.05, 0.1) is 0 Å². The van der Waals surface area contributed by atoms with Crippen LogP contribution in [0.5, 0.6) is 11.5 Å². The molecule has 0 saturated carbocycles. The van der Waals surface area contributed by atoms with E-state index in [0.717, 1.165) is 10.5 Å². The van der Waals surface area contributed by atoms with E-state index >= 15 is 0 Å². The number of ether oxygens (including phenoxy) is 2. The van der Waals surface area contributed by atoms with Gasteiger partial charge in [0, 0.05) is 40.4 Å². The Morgan fingerprint density at radius 1 is 0.974 bits per heavy atom. The number of aliphatic carboxylic acids is 1. The molecule has 1 aliphatic heterocycles. The largest absolute Gasteiger partial charge is 0.478 e. The van der Waals surface area contributed by atoms with E-state index in [9.17, 15) is 19.5 Å². The van der Waals surface area contributed by atoms with Crippen LogP contribution in [0.25, 0.3) is 0 Å². The van der Waals surface area contributed by atoms with Crippen molar-refractivity contribution in [1.82, 2.24) is 4.90 Å². The standard InChI is InChI=1S/C29H28ClNO6S/c1-29(2,27(33)34)37-22-6-4-5-19(15-22)24-16-31(28(35)36-21-11-9-20(30)10-12-21)17-25(24)26(32)18-7-13-23(38-3)14-8-18/h4-15,24-25H,16-17H2,1-3H3,(H,33,34)/t24-,25+/m1/s1. The summed E-state index contributed by atoms with van der Waals surface area (Å²) in [6.45, 7) is 3.36. The van der Waals surface area contributed by atoms with Gasteiger partial charge in [-0.1, -0.05) is 35.9 Å². The Morgan fingerprint density at radius 2 is 1.66 bits per heavy atom. The molecule has 0 aliphatic carbocycles. The first-order valence-corrected chi connectivity index (χ1v) is 13.6. The van der Waals surface area contributed by atoms with Crippen LogP contribution in [0.2, 0.25) is 5.02 Å². The van der Waals surface area contributed by atoms with Crippen LogP contribution in [-0.4, -0.2) is 52.8 Å². The summed E-state index contributed by atoms with van der Waals surface area (Å²) < 4.78 is 11.3. The second-order valence-corrected chi connectivity index (χ2v) is 10.8. The minimum absolute atomic E-state index is 0.0818. The van der Waals surface area contributed by atoms with Crippen molar-refractivity contribution in [2.45, 2.75) is 30.3 Å². The molecule has 1 aliphatic rings. The van der Waals surface area contributed by atoms with Crippen molar-refractivity contribution in [1.29, 1.82) is 0 Å². The van der Waals surface area contributed by atoms with Crippen molar-refractivity contribution >= 4 is 41.2 Å². The number of hydrogen-bond acceptors (Lipinski definition) is 6. The highest BCUT2D eigenvalue weighted by atomic mass is 35.5. The summed E-state index contributed by atoms with van der Waals surface area (Å²) in [5, 5.41) is 9.98. The lowest BCUT2D eigenvalue weighted by Gasteiger charge is -2.23. The number of halogens is 1. The van der Waals surface area contributed by atoms with Gasteiger partial charge in [-0.2, -0.15) is 0 Å². The van der Waals surface area contributed by atoms with Gasteiger partial charge in [0.15, 0.2) is 11.4 Å². The average molecular weight is 554 g/mol. The molecule has 0 spiro atoms. The van der Waals surface area contributed by atoms with Crippen molar-refractivity contribution in [3.8, 4) is 11.5 Å². The summed E-state index contributed by atoms with van der Waals surface area (Å²) in [4.78, 5) is 40.9. The minimum atomic E-state index is -1.43. The molecule has 1 saturated heterocycles. The Bertz CT molecular complexity index is 1330. The Labute approximate surface area is 230 Å². The third-order valence-corrected chi connectivity index (χ3v) is 7.48. The molecule has 1 N–H and O–H groups in total. The monoisotopic (exact) mass is 553 g/mol. The molecule has 4 rings (SSSR count). The quantitative estimate of drug-likeness (QED) is 0.255. The number of carboxylic acids is 1. The molecule has 38 heavy (non-hydrogen) atoms. The fourth-order valence-electron chi connectivity index (χ4n) is 4.34. The van der Waals surface area contributed by atoms with Crippen LogP contribution in [-0.2, 0) is 4.79 Å². The van der Waals surface area contributed by atoms with Gasteiger partial charge in [-0.25, -0.2) is 9.59 Å². The van der Waals surface area contributed by atoms with Crippen LogP contribution in [0.1, 0.15) is 35.7 Å². The summed E-state index contributed by atoms with van der Waals surface area (Å²) in [6.07, 6.45) is 1.40. The molecule has 3 aromatic rings. The predicted octanol–water partition coefficient (Wildman–Crippen LogP) is 6.40. The van der Waals surface area contributed by atoms with Gasteiger partial charge < -0.3 is 19.5 Å². The van der Waals surface area contributed by atoms with Gasteiger partial charge >= 0.3 is 12.1 Å². The lowest BCUT2D eigenvalue weighted by molar-refractivity contribution is -0.152. The van der Waals surface area contributed by atoms with Crippen molar-refractivity contribution in [3.63, 3.8) is 0 Å². The Hall–Kier alpha value is -3.49. The maximum absolute atomic E-state index is 13.7. The predicted molar refractivity (Wildman–Crippen MR) is 147 cm³/mol. The van der Waals surface area contributed by atoms with E-state index < -0.39 is 23.6 Å². The van der Waals surface area contributed by atoms with E-state index in [-0.39, 0.29) is 24.8 Å². The molecule has 0 unspecified atom stereocenters. The van der Waals surface area contributed by atoms with Gasteiger partial charge in [0.1, 0.15) is 11.5 Å². The molecule has 0 aromatic heterocycles. The third kappa shape index (κ3) is 6.31. The van der Waals surface area contributed by atoms with Crippen molar-refractivity contribution in [2.24, 2.45) is 5.92 Å². The molecule has 9 heteroatoms. The first-order chi connectivity index (χ1) is 18.1. The average Bonchev–Trinajstić information content (AvgIpc) is 3.35. The molecule has 7 nitrogen and oxygen atoms in total. The molecule has 3 aromatic carbocycles. The third-order valence-electron chi connectivity index (χ3n) is 6.48. The number of amides is 1. The molecule has 1 heterocycles. The van der Waals surface area contributed by atoms with E-state index in [4.69, 9.17) is 21.1 Å². The maximum atomic E-state index is 13.7. The van der Waals surface area contributed by atoms with E-state index in [1.54, 1.807) is 66.4 Å². The van der Waals surface area contributed by atoms with Crippen molar-refractivity contribution < 1.29 is 29.0 Å². The lowest BCUT2D eigenvalue weighted by Crippen LogP contribution is -2.37. The fraction of sp³-hybridized carbons (Fsp3) is 0.276. The normalized spacial score (nSPS) is 17.2. The van der Waals surface area contributed by atoms with E-state index in [1.165, 1.54) is 18.7 Å². The number of rotatable bonds is 8. The zero-order valence-electron chi connectivity index (χ0n) is 21.2. The van der Waals surface area contributed by atoms with Crippen LogP contribution in [0.4, 0.5) is 4.79 Å². The minimum Gasteiger partial charge on any atom is -0.478 e. The van der Waals surface area contributed by atoms with Gasteiger partial charge in [0.2, 0.25) is 0 Å². The number of carboxylic acid groups (broad SMARTS) is 1. The molecular formula is C29H28ClNO6S. The lowest BCUT2D eigenvalue weighted by atomic mass is 9.84. The van der Waals surface area contributed by atoms with Gasteiger partial charge in [0.25, 0.3) is 0 Å².